The van der Waals surface area contributed by atoms with E-state index in [4.69, 9.17) is 0 Å². The predicted octanol–water partition coefficient (Wildman–Crippen LogP) is 2.50. The van der Waals surface area contributed by atoms with E-state index in [2.05, 4.69) is 31.0 Å². The van der Waals surface area contributed by atoms with Crippen molar-refractivity contribution < 1.29 is 0 Å². The van der Waals surface area contributed by atoms with Crippen molar-refractivity contribution in [3.63, 3.8) is 0 Å². The number of rotatable bonds is 3. The van der Waals surface area contributed by atoms with E-state index >= 15 is 0 Å². The van der Waals surface area contributed by atoms with E-state index < -0.39 is 0 Å². The summed E-state index contributed by atoms with van der Waals surface area (Å²) in [5.41, 5.74) is 0.495. The molecule has 1 aliphatic carbocycles. The Bertz CT molecular complexity index is 219. The largest absolute Gasteiger partial charge is 0.309 e. The predicted molar refractivity (Wildman–Crippen MR) is 69.6 cm³/mol. The minimum atomic E-state index is 0.495. The molecule has 1 spiro atoms. The molecule has 1 saturated carbocycles. The van der Waals surface area contributed by atoms with Gasteiger partial charge in [-0.15, -0.1) is 0 Å². The summed E-state index contributed by atoms with van der Waals surface area (Å²) in [6.45, 7) is 12.1. The fourth-order valence-electron chi connectivity index (χ4n) is 3.20. The van der Waals surface area contributed by atoms with E-state index in [0.29, 0.717) is 5.54 Å². The molecule has 94 valence electrons. The van der Waals surface area contributed by atoms with Gasteiger partial charge in [0.05, 0.1) is 0 Å². The van der Waals surface area contributed by atoms with Gasteiger partial charge in [-0.3, -0.25) is 4.90 Å². The minimum Gasteiger partial charge on any atom is -0.309 e. The third kappa shape index (κ3) is 2.78. The summed E-state index contributed by atoms with van der Waals surface area (Å²) in [6, 6.07) is 0. The van der Waals surface area contributed by atoms with Gasteiger partial charge >= 0.3 is 0 Å². The van der Waals surface area contributed by atoms with Crippen molar-refractivity contribution in [2.75, 3.05) is 26.2 Å². The zero-order valence-electron chi connectivity index (χ0n) is 11.3. The lowest BCUT2D eigenvalue weighted by Gasteiger charge is -2.42. The average Bonchev–Trinajstić information content (AvgIpc) is 2.66. The van der Waals surface area contributed by atoms with E-state index in [0.717, 1.165) is 11.8 Å². The third-order valence-electron chi connectivity index (χ3n) is 4.70. The zero-order chi connectivity index (χ0) is 11.6. The van der Waals surface area contributed by atoms with E-state index in [1.165, 1.54) is 51.9 Å². The van der Waals surface area contributed by atoms with Crippen LogP contribution in [-0.4, -0.2) is 36.6 Å². The molecule has 0 amide bonds. The van der Waals surface area contributed by atoms with Crippen LogP contribution >= 0.6 is 0 Å². The lowest BCUT2D eigenvalue weighted by atomic mass is 9.92. The lowest BCUT2D eigenvalue weighted by Crippen LogP contribution is -2.59. The number of hydrogen-bond donors (Lipinski definition) is 1. The second-order valence-corrected chi connectivity index (χ2v) is 6.37. The van der Waals surface area contributed by atoms with Crippen molar-refractivity contribution in [3.8, 4) is 0 Å². The second kappa shape index (κ2) is 5.05. The quantitative estimate of drug-likeness (QED) is 0.792. The fraction of sp³-hybridized carbons (Fsp3) is 1.00. The Labute approximate surface area is 101 Å². The Balaban J connectivity index is 1.87. The Morgan fingerprint density at radius 3 is 2.50 bits per heavy atom. The first-order valence-corrected chi connectivity index (χ1v) is 7.09. The average molecular weight is 224 g/mol. The molecule has 2 aliphatic rings. The summed E-state index contributed by atoms with van der Waals surface area (Å²) in [7, 11) is 0. The van der Waals surface area contributed by atoms with E-state index in [1.54, 1.807) is 0 Å². The van der Waals surface area contributed by atoms with Crippen LogP contribution in [0.3, 0.4) is 0 Å². The Morgan fingerprint density at radius 1 is 1.19 bits per heavy atom. The number of nitrogens with one attached hydrogen (secondary N) is 1. The van der Waals surface area contributed by atoms with E-state index in [1.807, 2.05) is 0 Å². The van der Waals surface area contributed by atoms with Crippen LogP contribution in [0.2, 0.25) is 0 Å². The van der Waals surface area contributed by atoms with Crippen LogP contribution in [0.4, 0.5) is 0 Å². The maximum atomic E-state index is 3.79. The van der Waals surface area contributed by atoms with Gasteiger partial charge in [-0.2, -0.15) is 0 Å². The van der Waals surface area contributed by atoms with Crippen LogP contribution in [-0.2, 0) is 0 Å². The van der Waals surface area contributed by atoms with E-state index in [-0.39, 0.29) is 0 Å². The molecular formula is C14H28N2. The van der Waals surface area contributed by atoms with Gasteiger partial charge in [0.1, 0.15) is 0 Å². The normalized spacial score (nSPS) is 27.8. The molecular weight excluding hydrogens is 196 g/mol. The van der Waals surface area contributed by atoms with Crippen molar-refractivity contribution >= 4 is 0 Å². The van der Waals surface area contributed by atoms with Crippen molar-refractivity contribution in [1.29, 1.82) is 0 Å². The van der Waals surface area contributed by atoms with Gasteiger partial charge < -0.3 is 5.32 Å². The van der Waals surface area contributed by atoms with Crippen LogP contribution in [0.15, 0.2) is 0 Å². The standard InChI is InChI=1S/C14H28N2/c1-12(2)13(3)10-16-9-8-15-14(11-16)6-4-5-7-14/h12-13,15H,4-11H2,1-3H3. The molecule has 2 rings (SSSR count). The monoisotopic (exact) mass is 224 g/mol. The van der Waals surface area contributed by atoms with Gasteiger partial charge in [-0.25, -0.2) is 0 Å². The third-order valence-corrected chi connectivity index (χ3v) is 4.70. The molecule has 1 aliphatic heterocycles. The number of nitrogens with zero attached hydrogens (tertiary/aromatic N) is 1. The van der Waals surface area contributed by atoms with Crippen LogP contribution in [0.25, 0.3) is 0 Å². The first-order valence-electron chi connectivity index (χ1n) is 7.09. The molecule has 0 aromatic carbocycles. The van der Waals surface area contributed by atoms with Crippen molar-refractivity contribution in [1.82, 2.24) is 10.2 Å². The molecule has 16 heavy (non-hydrogen) atoms. The molecule has 0 radical (unpaired) electrons. The molecule has 0 aromatic rings. The van der Waals surface area contributed by atoms with E-state index in [9.17, 15) is 0 Å². The lowest BCUT2D eigenvalue weighted by molar-refractivity contribution is 0.112. The summed E-state index contributed by atoms with van der Waals surface area (Å²) < 4.78 is 0. The minimum absolute atomic E-state index is 0.495. The van der Waals surface area contributed by atoms with Crippen LogP contribution in [0.5, 0.6) is 0 Å². The van der Waals surface area contributed by atoms with Crippen molar-refractivity contribution in [2.45, 2.75) is 52.0 Å². The summed E-state index contributed by atoms with van der Waals surface area (Å²) in [5.74, 6) is 1.64. The summed E-state index contributed by atoms with van der Waals surface area (Å²) in [5, 5.41) is 3.79. The molecule has 2 fully saturated rings. The van der Waals surface area contributed by atoms with Gasteiger partial charge in [0.25, 0.3) is 0 Å². The summed E-state index contributed by atoms with van der Waals surface area (Å²) in [6.07, 6.45) is 5.67. The second-order valence-electron chi connectivity index (χ2n) is 6.37. The molecule has 2 nitrogen and oxygen atoms in total. The molecule has 1 atom stereocenters. The maximum Gasteiger partial charge on any atom is 0.0309 e. The first kappa shape index (κ1) is 12.4. The summed E-state index contributed by atoms with van der Waals surface area (Å²) >= 11 is 0. The van der Waals surface area contributed by atoms with Crippen LogP contribution < -0.4 is 5.32 Å². The molecule has 0 aromatic heterocycles. The highest BCUT2D eigenvalue weighted by Crippen LogP contribution is 2.32. The van der Waals surface area contributed by atoms with Crippen molar-refractivity contribution in [3.05, 3.63) is 0 Å². The topological polar surface area (TPSA) is 15.3 Å². The highest BCUT2D eigenvalue weighted by molar-refractivity contribution is 4.98. The summed E-state index contributed by atoms with van der Waals surface area (Å²) in [4.78, 5) is 2.70. The number of piperazine rings is 1. The van der Waals surface area contributed by atoms with Gasteiger partial charge in [0.15, 0.2) is 0 Å². The van der Waals surface area contributed by atoms with Gasteiger partial charge in [0, 0.05) is 31.7 Å². The molecule has 0 bridgehead atoms. The zero-order valence-corrected chi connectivity index (χ0v) is 11.3. The highest BCUT2D eigenvalue weighted by atomic mass is 15.2. The molecule has 1 N–H and O–H groups in total. The van der Waals surface area contributed by atoms with Crippen LogP contribution in [0, 0.1) is 11.8 Å². The smallest absolute Gasteiger partial charge is 0.0309 e. The maximum absolute atomic E-state index is 3.79. The molecule has 1 heterocycles. The first-order chi connectivity index (χ1) is 7.61. The molecule has 1 unspecified atom stereocenters. The Morgan fingerprint density at radius 2 is 1.88 bits per heavy atom. The molecule has 1 saturated heterocycles. The van der Waals surface area contributed by atoms with Gasteiger partial charge in [0.2, 0.25) is 0 Å². The van der Waals surface area contributed by atoms with Crippen LogP contribution in [0.1, 0.15) is 46.5 Å². The van der Waals surface area contributed by atoms with Gasteiger partial charge in [-0.1, -0.05) is 33.6 Å². The SMILES string of the molecule is CC(C)C(C)CN1CCNC2(CCCC2)C1. The molecule has 2 heteroatoms. The van der Waals surface area contributed by atoms with Crippen molar-refractivity contribution in [2.24, 2.45) is 11.8 Å². The Hall–Kier alpha value is -0.0800. The fourth-order valence-corrected chi connectivity index (χ4v) is 3.20. The highest BCUT2D eigenvalue weighted by Gasteiger charge is 2.37. The van der Waals surface area contributed by atoms with Gasteiger partial charge in [-0.05, 0) is 24.7 Å². The number of hydrogen-bond acceptors (Lipinski definition) is 2. The Kier molecular flexibility index (Phi) is 3.91.